The second kappa shape index (κ2) is 7.55. The standard InChI is InChI=1S/C19H22N8/c1-13-4-3-5-15(8-13)18-16(11-23-26-18)10-20-6-7-21-17-9-14(2)25-19-22-12-24-27(17)19/h3-5,8-9,11-12,20-21H,6-7,10H2,1-2H3,(H,23,26). The SMILES string of the molecule is Cc1cccc(-c2[nH]ncc2CNCCNc2cc(C)nc3ncnn23)c1. The summed E-state index contributed by atoms with van der Waals surface area (Å²) in [7, 11) is 0. The molecule has 0 spiro atoms. The number of hydrogen-bond acceptors (Lipinski definition) is 6. The molecular formula is C19H22N8. The van der Waals surface area contributed by atoms with Crippen LogP contribution in [0.4, 0.5) is 5.82 Å². The Hall–Kier alpha value is -3.26. The highest BCUT2D eigenvalue weighted by molar-refractivity contribution is 5.63. The summed E-state index contributed by atoms with van der Waals surface area (Å²) in [5, 5.41) is 18.4. The number of anilines is 1. The average molecular weight is 362 g/mol. The molecule has 0 saturated heterocycles. The lowest BCUT2D eigenvalue weighted by atomic mass is 10.1. The summed E-state index contributed by atoms with van der Waals surface area (Å²) in [6.45, 7) is 6.35. The van der Waals surface area contributed by atoms with Crippen molar-refractivity contribution in [2.24, 2.45) is 0 Å². The quantitative estimate of drug-likeness (QED) is 0.437. The number of aromatic amines is 1. The molecule has 4 rings (SSSR count). The first-order chi connectivity index (χ1) is 13.2. The highest BCUT2D eigenvalue weighted by atomic mass is 15.3. The van der Waals surface area contributed by atoms with Gasteiger partial charge in [-0.15, -0.1) is 0 Å². The molecule has 3 aromatic heterocycles. The Balaban J connectivity index is 1.33. The van der Waals surface area contributed by atoms with E-state index in [0.717, 1.165) is 48.0 Å². The van der Waals surface area contributed by atoms with E-state index in [9.17, 15) is 0 Å². The van der Waals surface area contributed by atoms with Gasteiger partial charge in [0, 0.05) is 42.5 Å². The molecule has 4 aromatic rings. The zero-order valence-corrected chi connectivity index (χ0v) is 15.4. The molecule has 3 heterocycles. The first-order valence-electron chi connectivity index (χ1n) is 8.92. The fraction of sp³-hybridized carbons (Fsp3) is 0.263. The number of benzene rings is 1. The molecule has 8 heteroatoms. The third-order valence-electron chi connectivity index (χ3n) is 4.33. The van der Waals surface area contributed by atoms with Crippen LogP contribution >= 0.6 is 0 Å². The van der Waals surface area contributed by atoms with E-state index in [1.54, 1.807) is 4.52 Å². The van der Waals surface area contributed by atoms with Crippen molar-refractivity contribution in [1.29, 1.82) is 0 Å². The van der Waals surface area contributed by atoms with E-state index in [1.165, 1.54) is 11.9 Å². The van der Waals surface area contributed by atoms with Crippen molar-refractivity contribution in [3.63, 3.8) is 0 Å². The van der Waals surface area contributed by atoms with Gasteiger partial charge in [-0.05, 0) is 19.9 Å². The van der Waals surface area contributed by atoms with E-state index >= 15 is 0 Å². The molecule has 0 bridgehead atoms. The third-order valence-corrected chi connectivity index (χ3v) is 4.33. The summed E-state index contributed by atoms with van der Waals surface area (Å²) in [4.78, 5) is 8.48. The zero-order chi connectivity index (χ0) is 18.6. The van der Waals surface area contributed by atoms with E-state index in [4.69, 9.17) is 0 Å². The Bertz CT molecular complexity index is 1050. The van der Waals surface area contributed by atoms with Crippen LogP contribution in [-0.2, 0) is 6.54 Å². The van der Waals surface area contributed by atoms with Gasteiger partial charge in [-0.3, -0.25) is 5.10 Å². The van der Waals surface area contributed by atoms with Crippen molar-refractivity contribution in [3.05, 3.63) is 59.7 Å². The number of hydrogen-bond donors (Lipinski definition) is 3. The van der Waals surface area contributed by atoms with Crippen molar-refractivity contribution >= 4 is 11.6 Å². The first kappa shape index (κ1) is 17.2. The van der Waals surface area contributed by atoms with Crippen molar-refractivity contribution < 1.29 is 0 Å². The highest BCUT2D eigenvalue weighted by Crippen LogP contribution is 2.21. The Morgan fingerprint density at radius 1 is 1.15 bits per heavy atom. The highest BCUT2D eigenvalue weighted by Gasteiger charge is 2.08. The van der Waals surface area contributed by atoms with Crippen LogP contribution in [0.25, 0.3) is 17.0 Å². The molecule has 0 aliphatic rings. The Kier molecular flexibility index (Phi) is 4.80. The van der Waals surface area contributed by atoms with Crippen molar-refractivity contribution in [1.82, 2.24) is 35.1 Å². The summed E-state index contributed by atoms with van der Waals surface area (Å²) >= 11 is 0. The van der Waals surface area contributed by atoms with Crippen molar-refractivity contribution in [2.75, 3.05) is 18.4 Å². The number of nitrogens with one attached hydrogen (secondary N) is 3. The maximum Gasteiger partial charge on any atom is 0.254 e. The minimum absolute atomic E-state index is 0.603. The van der Waals surface area contributed by atoms with E-state index in [1.807, 2.05) is 19.2 Å². The van der Waals surface area contributed by atoms with Gasteiger partial charge in [0.2, 0.25) is 0 Å². The average Bonchev–Trinajstić information content (AvgIpc) is 3.30. The Morgan fingerprint density at radius 2 is 2.07 bits per heavy atom. The van der Waals surface area contributed by atoms with Crippen LogP contribution in [0.1, 0.15) is 16.8 Å². The molecule has 0 amide bonds. The number of fused-ring (bicyclic) bond motifs is 1. The second-order valence-corrected chi connectivity index (χ2v) is 6.50. The minimum atomic E-state index is 0.603. The molecular weight excluding hydrogens is 340 g/mol. The van der Waals surface area contributed by atoms with Gasteiger partial charge in [-0.2, -0.15) is 19.7 Å². The number of rotatable bonds is 7. The van der Waals surface area contributed by atoms with E-state index in [-0.39, 0.29) is 0 Å². The Morgan fingerprint density at radius 3 is 2.96 bits per heavy atom. The van der Waals surface area contributed by atoms with Crippen LogP contribution in [-0.4, -0.2) is 42.9 Å². The molecule has 0 aliphatic heterocycles. The summed E-state index contributed by atoms with van der Waals surface area (Å²) in [5.41, 5.74) is 5.51. The fourth-order valence-electron chi connectivity index (χ4n) is 3.05. The van der Waals surface area contributed by atoms with E-state index in [2.05, 4.69) is 67.1 Å². The summed E-state index contributed by atoms with van der Waals surface area (Å²) in [5.74, 6) is 1.49. The molecule has 0 atom stereocenters. The smallest absolute Gasteiger partial charge is 0.254 e. The van der Waals surface area contributed by atoms with Gasteiger partial charge >= 0.3 is 0 Å². The molecule has 0 unspecified atom stereocenters. The molecule has 138 valence electrons. The van der Waals surface area contributed by atoms with Gasteiger partial charge in [0.25, 0.3) is 5.78 Å². The van der Waals surface area contributed by atoms with Crippen LogP contribution in [0.3, 0.4) is 0 Å². The molecule has 0 saturated carbocycles. The molecule has 0 radical (unpaired) electrons. The normalized spacial score (nSPS) is 11.2. The summed E-state index contributed by atoms with van der Waals surface area (Å²) in [6.07, 6.45) is 3.39. The predicted molar refractivity (Wildman–Crippen MR) is 104 cm³/mol. The number of H-pyrrole nitrogens is 1. The van der Waals surface area contributed by atoms with Gasteiger partial charge in [-0.25, -0.2) is 4.98 Å². The summed E-state index contributed by atoms with van der Waals surface area (Å²) in [6, 6.07) is 10.4. The third kappa shape index (κ3) is 3.80. The topological polar surface area (TPSA) is 95.8 Å². The maximum atomic E-state index is 4.34. The second-order valence-electron chi connectivity index (χ2n) is 6.50. The number of nitrogens with zero attached hydrogens (tertiary/aromatic N) is 5. The minimum Gasteiger partial charge on any atom is -0.369 e. The maximum absolute atomic E-state index is 4.34. The first-order valence-corrected chi connectivity index (χ1v) is 8.92. The predicted octanol–water partition coefficient (Wildman–Crippen LogP) is 2.33. The fourth-order valence-corrected chi connectivity index (χ4v) is 3.05. The van der Waals surface area contributed by atoms with Crippen molar-refractivity contribution in [3.8, 4) is 11.3 Å². The molecule has 1 aromatic carbocycles. The van der Waals surface area contributed by atoms with Gasteiger partial charge in [0.05, 0.1) is 11.9 Å². The largest absolute Gasteiger partial charge is 0.369 e. The number of aromatic nitrogens is 6. The molecule has 0 fully saturated rings. The van der Waals surface area contributed by atoms with Gasteiger partial charge in [-0.1, -0.05) is 23.8 Å². The lowest BCUT2D eigenvalue weighted by molar-refractivity contribution is 0.705. The summed E-state index contributed by atoms with van der Waals surface area (Å²) < 4.78 is 1.71. The van der Waals surface area contributed by atoms with Crippen LogP contribution in [0, 0.1) is 13.8 Å². The Labute approximate surface area is 157 Å². The van der Waals surface area contributed by atoms with E-state index < -0.39 is 0 Å². The van der Waals surface area contributed by atoms with Crippen molar-refractivity contribution in [2.45, 2.75) is 20.4 Å². The molecule has 8 nitrogen and oxygen atoms in total. The van der Waals surface area contributed by atoms with Gasteiger partial charge in [0.1, 0.15) is 12.1 Å². The lowest BCUT2D eigenvalue weighted by Gasteiger charge is -2.10. The van der Waals surface area contributed by atoms with Crippen LogP contribution in [0.2, 0.25) is 0 Å². The van der Waals surface area contributed by atoms with Crippen LogP contribution in [0.15, 0.2) is 42.9 Å². The van der Waals surface area contributed by atoms with Crippen LogP contribution in [0.5, 0.6) is 0 Å². The molecule has 3 N–H and O–H groups in total. The monoisotopic (exact) mass is 362 g/mol. The lowest BCUT2D eigenvalue weighted by Crippen LogP contribution is -2.22. The number of aryl methyl sites for hydroxylation is 2. The van der Waals surface area contributed by atoms with Gasteiger partial charge < -0.3 is 10.6 Å². The zero-order valence-electron chi connectivity index (χ0n) is 15.4. The molecule has 0 aliphatic carbocycles. The molecule has 27 heavy (non-hydrogen) atoms. The van der Waals surface area contributed by atoms with E-state index in [0.29, 0.717) is 5.78 Å². The van der Waals surface area contributed by atoms with Gasteiger partial charge in [0.15, 0.2) is 0 Å². The van der Waals surface area contributed by atoms with Crippen LogP contribution < -0.4 is 10.6 Å².